The zero-order chi connectivity index (χ0) is 20.7. The summed E-state index contributed by atoms with van der Waals surface area (Å²) in [6, 6.07) is 12.5. The van der Waals surface area contributed by atoms with E-state index < -0.39 is 22.5 Å². The van der Waals surface area contributed by atoms with Crippen LogP contribution in [0.3, 0.4) is 0 Å². The van der Waals surface area contributed by atoms with E-state index in [2.05, 4.69) is 15.8 Å². The predicted molar refractivity (Wildman–Crippen MR) is 108 cm³/mol. The maximum absolute atomic E-state index is 12.5. The lowest BCUT2D eigenvalue weighted by Gasteiger charge is -2.16. The number of likely N-dealkylation sites (N-methyl/N-ethyl adjacent to an activating group) is 1. The lowest BCUT2D eigenvalue weighted by molar-refractivity contribution is -0.121. The van der Waals surface area contributed by atoms with E-state index in [4.69, 9.17) is 11.6 Å². The number of rotatable bonds is 7. The van der Waals surface area contributed by atoms with E-state index in [0.29, 0.717) is 10.7 Å². The van der Waals surface area contributed by atoms with Gasteiger partial charge < -0.3 is 5.32 Å². The summed E-state index contributed by atoms with van der Waals surface area (Å²) >= 11 is 5.78. The Kier molecular flexibility index (Phi) is 7.27. The standard InChI is InChI=1S/C18H19ClN4O4S/c1-13(24)21-16-7-9-17(10-8-16)28(26,27)23(2)12-18(25)22-20-11-14-3-5-15(19)6-4-14/h3-11H,12H2,1-2H3,(H,21,24)(H,22,25)/b20-11-. The molecule has 0 aliphatic heterocycles. The summed E-state index contributed by atoms with van der Waals surface area (Å²) in [6.07, 6.45) is 1.42. The average Bonchev–Trinajstić information content (AvgIpc) is 2.63. The van der Waals surface area contributed by atoms with Gasteiger partial charge in [-0.05, 0) is 42.0 Å². The van der Waals surface area contributed by atoms with Crippen LogP contribution in [0.2, 0.25) is 5.02 Å². The minimum absolute atomic E-state index is 0.00145. The quantitative estimate of drug-likeness (QED) is 0.526. The van der Waals surface area contributed by atoms with Crippen molar-refractivity contribution in [3.05, 3.63) is 59.1 Å². The Balaban J connectivity index is 1.96. The third kappa shape index (κ3) is 6.15. The number of carbonyl (C=O) groups is 2. The molecule has 0 bridgehead atoms. The molecule has 2 aromatic carbocycles. The molecule has 2 amide bonds. The van der Waals surface area contributed by atoms with Gasteiger partial charge in [0.1, 0.15) is 0 Å². The van der Waals surface area contributed by atoms with Crippen LogP contribution in [0.15, 0.2) is 58.5 Å². The maximum Gasteiger partial charge on any atom is 0.255 e. The molecule has 0 unspecified atom stereocenters. The Morgan fingerprint density at radius 3 is 2.29 bits per heavy atom. The van der Waals surface area contributed by atoms with E-state index >= 15 is 0 Å². The van der Waals surface area contributed by atoms with Gasteiger partial charge >= 0.3 is 0 Å². The smallest absolute Gasteiger partial charge is 0.255 e. The van der Waals surface area contributed by atoms with Crippen LogP contribution in [-0.2, 0) is 19.6 Å². The van der Waals surface area contributed by atoms with Crippen molar-refractivity contribution in [3.8, 4) is 0 Å². The second-order valence-corrected chi connectivity index (χ2v) is 8.29. The average molecular weight is 423 g/mol. The zero-order valence-electron chi connectivity index (χ0n) is 15.2. The number of hydrogen-bond donors (Lipinski definition) is 2. The van der Waals surface area contributed by atoms with E-state index in [-0.39, 0.29) is 10.8 Å². The molecular formula is C18H19ClN4O4S. The van der Waals surface area contributed by atoms with E-state index in [1.165, 1.54) is 44.5 Å². The minimum Gasteiger partial charge on any atom is -0.326 e. The van der Waals surface area contributed by atoms with Gasteiger partial charge in [0.15, 0.2) is 0 Å². The van der Waals surface area contributed by atoms with Gasteiger partial charge in [-0.15, -0.1) is 0 Å². The number of carbonyl (C=O) groups excluding carboxylic acids is 2. The fourth-order valence-corrected chi connectivity index (χ4v) is 3.40. The molecule has 0 radical (unpaired) electrons. The normalized spacial score (nSPS) is 11.6. The highest BCUT2D eigenvalue weighted by atomic mass is 35.5. The Hall–Kier alpha value is -2.75. The SMILES string of the molecule is CC(=O)Nc1ccc(S(=O)(=O)N(C)CC(=O)N/N=C\c2ccc(Cl)cc2)cc1. The van der Waals surface area contributed by atoms with Crippen molar-refractivity contribution >= 4 is 45.3 Å². The first-order chi connectivity index (χ1) is 13.2. The number of hydrazone groups is 1. The van der Waals surface area contributed by atoms with Crippen molar-refractivity contribution in [2.75, 3.05) is 18.9 Å². The predicted octanol–water partition coefficient (Wildman–Crippen LogP) is 2.07. The molecule has 8 nitrogen and oxygen atoms in total. The van der Waals surface area contributed by atoms with Crippen molar-refractivity contribution in [3.63, 3.8) is 0 Å². The van der Waals surface area contributed by atoms with Crippen LogP contribution in [-0.4, -0.2) is 44.3 Å². The van der Waals surface area contributed by atoms with Gasteiger partial charge in [-0.1, -0.05) is 23.7 Å². The van der Waals surface area contributed by atoms with Gasteiger partial charge in [0.05, 0.1) is 17.7 Å². The third-order valence-electron chi connectivity index (χ3n) is 3.52. The van der Waals surface area contributed by atoms with Gasteiger partial charge in [-0.2, -0.15) is 9.41 Å². The van der Waals surface area contributed by atoms with Crippen molar-refractivity contribution in [2.24, 2.45) is 5.10 Å². The number of nitrogens with zero attached hydrogens (tertiary/aromatic N) is 2. The monoisotopic (exact) mass is 422 g/mol. The van der Waals surface area contributed by atoms with Crippen molar-refractivity contribution in [1.82, 2.24) is 9.73 Å². The Bertz CT molecular complexity index is 974. The molecule has 0 saturated heterocycles. The fourth-order valence-electron chi connectivity index (χ4n) is 2.14. The Labute approximate surface area is 168 Å². The van der Waals surface area contributed by atoms with Crippen LogP contribution < -0.4 is 10.7 Å². The minimum atomic E-state index is -3.87. The third-order valence-corrected chi connectivity index (χ3v) is 5.59. The van der Waals surface area contributed by atoms with E-state index in [1.54, 1.807) is 24.3 Å². The number of halogens is 1. The second kappa shape index (κ2) is 9.45. The number of amides is 2. The molecule has 0 atom stereocenters. The van der Waals surface area contributed by atoms with Crippen molar-refractivity contribution in [1.29, 1.82) is 0 Å². The highest BCUT2D eigenvalue weighted by molar-refractivity contribution is 7.89. The first-order valence-corrected chi connectivity index (χ1v) is 9.92. The lowest BCUT2D eigenvalue weighted by atomic mass is 10.2. The molecule has 0 fully saturated rings. The topological polar surface area (TPSA) is 108 Å². The fraction of sp³-hybridized carbons (Fsp3) is 0.167. The number of nitrogens with one attached hydrogen (secondary N) is 2. The molecule has 2 aromatic rings. The van der Waals surface area contributed by atoms with Crippen LogP contribution >= 0.6 is 11.6 Å². The van der Waals surface area contributed by atoms with Gasteiger partial charge in [0, 0.05) is 24.7 Å². The highest BCUT2D eigenvalue weighted by Crippen LogP contribution is 2.17. The zero-order valence-corrected chi connectivity index (χ0v) is 16.8. The summed E-state index contributed by atoms with van der Waals surface area (Å²) < 4.78 is 26.0. The molecule has 2 N–H and O–H groups in total. The molecular weight excluding hydrogens is 404 g/mol. The summed E-state index contributed by atoms with van der Waals surface area (Å²) in [7, 11) is -2.58. The molecule has 2 rings (SSSR count). The lowest BCUT2D eigenvalue weighted by Crippen LogP contribution is -2.36. The summed E-state index contributed by atoms with van der Waals surface area (Å²) in [6.45, 7) is 0.945. The van der Waals surface area contributed by atoms with Crippen LogP contribution in [0.25, 0.3) is 0 Å². The van der Waals surface area contributed by atoms with Crippen molar-refractivity contribution in [2.45, 2.75) is 11.8 Å². The molecule has 0 saturated carbocycles. The Morgan fingerprint density at radius 2 is 1.71 bits per heavy atom. The molecule has 28 heavy (non-hydrogen) atoms. The second-order valence-electron chi connectivity index (χ2n) is 5.81. The van der Waals surface area contributed by atoms with Gasteiger partial charge in [-0.3, -0.25) is 9.59 Å². The van der Waals surface area contributed by atoms with E-state index in [9.17, 15) is 18.0 Å². The first kappa shape index (κ1) is 21.5. The van der Waals surface area contributed by atoms with E-state index in [0.717, 1.165) is 9.87 Å². The summed E-state index contributed by atoms with van der Waals surface area (Å²) in [5.74, 6) is -0.852. The molecule has 0 heterocycles. The molecule has 10 heteroatoms. The van der Waals surface area contributed by atoms with Crippen molar-refractivity contribution < 1.29 is 18.0 Å². The van der Waals surface area contributed by atoms with Gasteiger partial charge in [0.2, 0.25) is 15.9 Å². The Morgan fingerprint density at radius 1 is 1.11 bits per heavy atom. The molecule has 0 aliphatic carbocycles. The molecule has 148 valence electrons. The summed E-state index contributed by atoms with van der Waals surface area (Å²) in [4.78, 5) is 23.0. The van der Waals surface area contributed by atoms with Gasteiger partial charge in [-0.25, -0.2) is 13.8 Å². The molecule has 0 spiro atoms. The first-order valence-electron chi connectivity index (χ1n) is 8.10. The van der Waals surface area contributed by atoms with Crippen LogP contribution in [0.4, 0.5) is 5.69 Å². The molecule has 0 aromatic heterocycles. The summed E-state index contributed by atoms with van der Waals surface area (Å²) in [5.41, 5.74) is 3.48. The summed E-state index contributed by atoms with van der Waals surface area (Å²) in [5, 5.41) is 6.92. The van der Waals surface area contributed by atoms with E-state index in [1.807, 2.05) is 0 Å². The number of hydrogen-bond acceptors (Lipinski definition) is 5. The molecule has 0 aliphatic rings. The number of anilines is 1. The largest absolute Gasteiger partial charge is 0.326 e. The highest BCUT2D eigenvalue weighted by Gasteiger charge is 2.22. The van der Waals surface area contributed by atoms with Crippen LogP contribution in [0.1, 0.15) is 12.5 Å². The van der Waals surface area contributed by atoms with Crippen LogP contribution in [0, 0.1) is 0 Å². The number of sulfonamides is 1. The maximum atomic E-state index is 12.5. The van der Waals surface area contributed by atoms with Crippen LogP contribution in [0.5, 0.6) is 0 Å². The number of benzene rings is 2. The van der Waals surface area contributed by atoms with Gasteiger partial charge in [0.25, 0.3) is 5.91 Å².